The van der Waals surface area contributed by atoms with Crippen molar-refractivity contribution in [2.45, 2.75) is 350 Å². The number of rotatable bonds is 48. The molecule has 0 fully saturated rings. The van der Waals surface area contributed by atoms with Gasteiger partial charge in [-0.2, -0.15) is 0 Å². The van der Waals surface area contributed by atoms with Crippen molar-refractivity contribution in [3.8, 4) is 49.9 Å². The molecule has 0 atom stereocenters. The molecule has 0 unspecified atom stereocenters. The molecule has 14 heteroatoms. The van der Waals surface area contributed by atoms with E-state index in [1.807, 2.05) is 17.4 Å². The highest BCUT2D eigenvalue weighted by Gasteiger charge is 2.45. The van der Waals surface area contributed by atoms with Crippen LogP contribution in [0, 0.1) is 6.92 Å². The first-order valence-corrected chi connectivity index (χ1v) is 52.4. The van der Waals surface area contributed by atoms with Crippen molar-refractivity contribution < 1.29 is 14.9 Å². The minimum absolute atomic E-state index is 0.114. The van der Waals surface area contributed by atoms with Crippen LogP contribution < -0.4 is 56.9 Å². The number of hydrogen-bond donors (Lipinski definition) is 2. The Hall–Kier alpha value is -10.7. The van der Waals surface area contributed by atoms with Gasteiger partial charge < -0.3 is 34.5 Å². The average Bonchev–Trinajstić information content (AvgIpc) is 1.59. The van der Waals surface area contributed by atoms with Crippen LogP contribution in [0.1, 0.15) is 357 Å². The standard InChI is InChI=1S/C44H55NO4.C42H52N2O2.C35H47NO3S/c1-6-9-10-11-12-13-14-15-16-17-28-45-39-27-24-34(29-38(39)44(4,5)40(45)30-37-41(46)43(48)42(37)47)33-20-18-31(19-21-33)32-22-25-36(26-23-32)49-35(7-2)8-3;1-5-6-7-8-9-10-11-12-13-20-27-44-38-26-25-35(28-37(38)42(3,4)39(44)29-36-32(2)40(45)41(36)46)43(30-33-21-16-14-17-22-33)31-34-23-18-15-19-24-34;1-7-8-9-10-11-12-13-14-15-16-21-36-27-18-17-24(28-19-20-30(40-28)34(2,3)4)22-26(27)35(5,6)29(36)23-25-31(37)33(39)32(25)38/h18-27,29-30,35,46H,6-17,28H2,1-5H3;14-19,21-26,28-29H,5-13,20,27,30-31H2,1-4H3;17-20,22-23,37H,7-16,21H2,1-6H3/b40-30+;39-29+;29-23+. The second-order valence-corrected chi connectivity index (χ2v) is 42.2. The molecule has 13 nitrogen and oxygen atoms in total. The molecule has 0 spiro atoms. The summed E-state index contributed by atoms with van der Waals surface area (Å²) in [5.41, 5.74) is 16.6. The quantitative estimate of drug-likeness (QED) is 0.0274. The van der Waals surface area contributed by atoms with Crippen LogP contribution in [0.2, 0.25) is 0 Å². The fourth-order valence-corrected chi connectivity index (χ4v) is 21.1. The van der Waals surface area contributed by atoms with E-state index in [0.29, 0.717) is 11.1 Å². The molecule has 3 aliphatic heterocycles. The Morgan fingerprint density at radius 2 is 0.689 bits per heavy atom. The first-order valence-electron chi connectivity index (χ1n) is 51.5. The van der Waals surface area contributed by atoms with Crippen LogP contribution in [0.5, 0.6) is 17.2 Å². The Bertz CT molecular complexity index is 5960. The maximum atomic E-state index is 12.6. The van der Waals surface area contributed by atoms with Gasteiger partial charge in [0.25, 0.3) is 10.9 Å². The summed E-state index contributed by atoms with van der Waals surface area (Å²) in [7, 11) is 0. The molecule has 0 radical (unpaired) electrons. The van der Waals surface area contributed by atoms with Gasteiger partial charge in [0.05, 0.1) is 17.2 Å². The number of thiophene rings is 1. The van der Waals surface area contributed by atoms with Crippen molar-refractivity contribution in [1.82, 2.24) is 0 Å². The van der Waals surface area contributed by atoms with Crippen molar-refractivity contribution >= 4 is 52.3 Å². The van der Waals surface area contributed by atoms with E-state index in [1.165, 1.54) is 221 Å². The van der Waals surface area contributed by atoms with Crippen LogP contribution in [0.3, 0.4) is 0 Å². The Morgan fingerprint density at radius 3 is 1.05 bits per heavy atom. The lowest BCUT2D eigenvalue weighted by molar-refractivity contribution is 0.193. The predicted molar refractivity (Wildman–Crippen MR) is 573 cm³/mol. The molecule has 0 bridgehead atoms. The molecule has 0 saturated carbocycles. The van der Waals surface area contributed by atoms with Crippen LogP contribution >= 0.6 is 11.3 Å². The zero-order valence-corrected chi connectivity index (χ0v) is 85.0. The van der Waals surface area contributed by atoms with Gasteiger partial charge in [-0.05, 0) is 185 Å². The number of benzene rings is 7. The highest BCUT2D eigenvalue weighted by molar-refractivity contribution is 7.15. The maximum absolute atomic E-state index is 12.6. The van der Waals surface area contributed by atoms with Crippen LogP contribution in [0.4, 0.5) is 22.7 Å². The monoisotopic (exact) mass is 1840 g/mol. The molecule has 4 heterocycles. The molecule has 135 heavy (non-hydrogen) atoms. The molecule has 0 amide bonds. The minimum atomic E-state index is -0.793. The van der Waals surface area contributed by atoms with Gasteiger partial charge in [-0.1, -0.05) is 379 Å². The number of unbranched alkanes of at least 4 members (excludes halogenated alkanes) is 27. The summed E-state index contributed by atoms with van der Waals surface area (Å²) in [6.07, 6.45) is 46.2. The molecule has 0 saturated heterocycles. The number of fused-ring (bicyclic) bond motifs is 3. The minimum Gasteiger partial charge on any atom is -0.504 e. The van der Waals surface area contributed by atoms with Crippen LogP contribution in [-0.2, 0) is 34.7 Å². The summed E-state index contributed by atoms with van der Waals surface area (Å²) in [4.78, 5) is 85.2. The van der Waals surface area contributed by atoms with Crippen molar-refractivity contribution in [3.63, 3.8) is 0 Å². The van der Waals surface area contributed by atoms with Crippen LogP contribution in [-0.4, -0.2) is 36.0 Å². The molecule has 718 valence electrons. The van der Waals surface area contributed by atoms with Crippen molar-refractivity contribution in [3.05, 3.63) is 309 Å². The van der Waals surface area contributed by atoms with Gasteiger partial charge in [0.15, 0.2) is 11.5 Å². The second kappa shape index (κ2) is 48.4. The van der Waals surface area contributed by atoms with Gasteiger partial charge in [0.1, 0.15) is 5.75 Å². The average molecular weight is 1840 g/mol. The number of ether oxygens (including phenoxy) is 1. The smallest absolute Gasteiger partial charge is 0.268 e. The highest BCUT2D eigenvalue weighted by Crippen LogP contribution is 2.54. The lowest BCUT2D eigenvalue weighted by Gasteiger charge is -2.28. The second-order valence-electron chi connectivity index (χ2n) is 41.1. The number of allylic oxidation sites excluding steroid dienone is 3. The van der Waals surface area contributed by atoms with E-state index in [2.05, 4.69) is 292 Å². The highest BCUT2D eigenvalue weighted by atomic mass is 32.1. The SMILES string of the molecule is CCCCCCCCCCCCN1/C(=C/c2c(C)c(=O)c2=O)C(C)(C)c2cc(N(Cc3ccccc3)Cc3ccccc3)ccc21.CCCCCCCCCCCCN1/C(=C/c2c(O)c(=O)c2=O)C(C)(C)c2cc(-c3ccc(-c4ccc(OC(CC)CC)cc4)cc3)ccc21.CCCCCCCCCCCCN1/C(=C/c2c(O)c(=O)c2=O)C(C)(C)c2cc(-c3ccc(C(C)(C)C)s3)ccc21. The van der Waals surface area contributed by atoms with Gasteiger partial charge in [0, 0.05) is 110 Å². The summed E-state index contributed by atoms with van der Waals surface area (Å²) < 4.78 is 6.10. The van der Waals surface area contributed by atoms with Gasteiger partial charge in [-0.25, -0.2) is 0 Å². The van der Waals surface area contributed by atoms with Crippen molar-refractivity contribution in [2.24, 2.45) is 0 Å². The lowest BCUT2D eigenvalue weighted by atomic mass is 9.82. The zero-order chi connectivity index (χ0) is 96.6. The fourth-order valence-electron chi connectivity index (χ4n) is 20.1. The van der Waals surface area contributed by atoms with Crippen LogP contribution in [0.15, 0.2) is 222 Å². The van der Waals surface area contributed by atoms with E-state index < -0.39 is 38.6 Å². The van der Waals surface area contributed by atoms with E-state index in [0.717, 1.165) is 128 Å². The summed E-state index contributed by atoms with van der Waals surface area (Å²) in [5.74, 6) is 0.0829. The summed E-state index contributed by atoms with van der Waals surface area (Å²) in [6.45, 7) is 37.0. The van der Waals surface area contributed by atoms with Crippen molar-refractivity contribution in [1.29, 1.82) is 0 Å². The first-order chi connectivity index (χ1) is 65.0. The molecule has 3 aliphatic rings. The molecule has 14 rings (SSSR count). The maximum Gasteiger partial charge on any atom is 0.268 e. The normalized spacial score (nSPS) is 15.0. The fraction of sp³-hybridized carbons (Fsp3) is 0.471. The molecular formula is C121H154N4O9S. The predicted octanol–water partition coefficient (Wildman–Crippen LogP) is 29.9. The van der Waals surface area contributed by atoms with E-state index in [1.54, 1.807) is 19.1 Å². The topological polar surface area (TPSA) is 165 Å². The molecular weight excluding hydrogens is 1690 g/mol. The summed E-state index contributed by atoms with van der Waals surface area (Å²) in [5, 5.41) is 20.4. The number of hydrogen-bond acceptors (Lipinski definition) is 14. The van der Waals surface area contributed by atoms with Crippen LogP contribution in [0.25, 0.3) is 50.9 Å². The van der Waals surface area contributed by atoms with Gasteiger partial charge in [-0.15, -0.1) is 11.3 Å². The Kier molecular flexibility index (Phi) is 37.0. The van der Waals surface area contributed by atoms with E-state index in [-0.39, 0.29) is 44.3 Å². The zero-order valence-electron chi connectivity index (χ0n) is 84.2. The van der Waals surface area contributed by atoms with Crippen molar-refractivity contribution in [2.75, 3.05) is 39.2 Å². The van der Waals surface area contributed by atoms with Gasteiger partial charge in [0.2, 0.25) is 21.7 Å². The molecule has 2 N–H and O–H groups in total. The molecule has 10 aromatic carbocycles. The number of nitrogens with zero attached hydrogens (tertiary/aromatic N) is 4. The lowest BCUT2D eigenvalue weighted by Crippen LogP contribution is -2.37. The van der Waals surface area contributed by atoms with Gasteiger partial charge in [-0.3, -0.25) is 28.8 Å². The third-order valence-corrected chi connectivity index (χ3v) is 30.4. The molecule has 11 aromatic rings. The Balaban J connectivity index is 0.000000183. The number of aromatic hydroxyl groups is 2. The number of anilines is 4. The Labute approximate surface area is 810 Å². The molecule has 1 aromatic heterocycles. The Morgan fingerprint density at radius 1 is 0.363 bits per heavy atom. The largest absolute Gasteiger partial charge is 0.504 e. The third-order valence-electron chi connectivity index (χ3n) is 28.8. The van der Waals surface area contributed by atoms with E-state index in [9.17, 15) is 39.0 Å². The van der Waals surface area contributed by atoms with E-state index in [4.69, 9.17) is 4.74 Å². The summed E-state index contributed by atoms with van der Waals surface area (Å²) in [6, 6.07) is 63.1. The first kappa shape index (κ1) is 103. The summed E-state index contributed by atoms with van der Waals surface area (Å²) >= 11 is 1.84. The van der Waals surface area contributed by atoms with Gasteiger partial charge >= 0.3 is 0 Å². The molecule has 0 aliphatic carbocycles. The third kappa shape index (κ3) is 25.4. The van der Waals surface area contributed by atoms with E-state index >= 15 is 0 Å².